The summed E-state index contributed by atoms with van der Waals surface area (Å²) in [5.74, 6) is -0.986. The second-order valence-corrected chi connectivity index (χ2v) is 13.0. The molecular formula is C25H36N2O8S. The molecule has 3 fully saturated rings. The molecule has 1 aromatic rings. The minimum Gasteiger partial charge on any atom is -0.493 e. The molecule has 2 heterocycles. The number of fused-ring (bicyclic) bond motifs is 2. The molecule has 2 bridgehead atoms. The molecule has 2 saturated heterocycles. The zero-order valence-electron chi connectivity index (χ0n) is 21.7. The van der Waals surface area contributed by atoms with E-state index in [-0.39, 0.29) is 71.0 Å². The van der Waals surface area contributed by atoms with Crippen LogP contribution in [0.5, 0.6) is 11.5 Å². The van der Waals surface area contributed by atoms with Gasteiger partial charge in [-0.05, 0) is 36.2 Å². The van der Waals surface area contributed by atoms with Crippen molar-refractivity contribution >= 4 is 21.9 Å². The Morgan fingerprint density at radius 2 is 1.78 bits per heavy atom. The summed E-state index contributed by atoms with van der Waals surface area (Å²) in [5, 5.41) is 0. The molecule has 1 amide bonds. The van der Waals surface area contributed by atoms with Crippen LogP contribution < -0.4 is 9.47 Å². The highest BCUT2D eigenvalue weighted by Gasteiger charge is 2.51. The maximum Gasteiger partial charge on any atom is 0.342 e. The zero-order chi connectivity index (χ0) is 26.3. The second-order valence-electron chi connectivity index (χ2n) is 11.0. The highest BCUT2D eigenvalue weighted by molar-refractivity contribution is 7.89. The minimum absolute atomic E-state index is 0.0437. The van der Waals surface area contributed by atoms with E-state index in [1.807, 2.05) is 4.90 Å². The third-order valence-corrected chi connectivity index (χ3v) is 9.22. The van der Waals surface area contributed by atoms with Crippen molar-refractivity contribution in [3.05, 3.63) is 17.7 Å². The molecule has 1 aromatic carbocycles. The van der Waals surface area contributed by atoms with E-state index in [4.69, 9.17) is 18.9 Å². The number of likely N-dealkylation sites (tertiary alicyclic amines) is 1. The van der Waals surface area contributed by atoms with Crippen molar-refractivity contribution < 1.29 is 37.0 Å². The number of hydrogen-bond acceptors (Lipinski definition) is 8. The lowest BCUT2D eigenvalue weighted by Crippen LogP contribution is -2.40. The Morgan fingerprint density at radius 1 is 1.08 bits per heavy atom. The van der Waals surface area contributed by atoms with E-state index in [0.717, 1.165) is 19.3 Å². The average molecular weight is 525 g/mol. The molecule has 10 nitrogen and oxygen atoms in total. The monoisotopic (exact) mass is 524 g/mol. The number of nitrogens with zero attached hydrogens (tertiary/aromatic N) is 2. The number of carbonyl (C=O) groups is 2. The van der Waals surface area contributed by atoms with Crippen LogP contribution >= 0.6 is 0 Å². The van der Waals surface area contributed by atoms with Gasteiger partial charge in [-0.15, -0.1) is 0 Å². The second kappa shape index (κ2) is 9.83. The van der Waals surface area contributed by atoms with Crippen molar-refractivity contribution in [3.8, 4) is 11.5 Å². The molecule has 0 N–H and O–H groups in total. The van der Waals surface area contributed by atoms with E-state index in [2.05, 4.69) is 20.8 Å². The van der Waals surface area contributed by atoms with Crippen LogP contribution in [0.15, 0.2) is 17.0 Å². The van der Waals surface area contributed by atoms with Gasteiger partial charge in [-0.3, -0.25) is 4.79 Å². The summed E-state index contributed by atoms with van der Waals surface area (Å²) in [6.07, 6.45) is 2.90. The van der Waals surface area contributed by atoms with Crippen molar-refractivity contribution in [2.75, 3.05) is 53.7 Å². The number of carbonyl (C=O) groups excluding carboxylic acids is 2. The number of ether oxygens (including phenoxy) is 4. The molecule has 0 spiro atoms. The Morgan fingerprint density at radius 3 is 2.42 bits per heavy atom. The lowest BCUT2D eigenvalue weighted by Gasteiger charge is -2.39. The lowest BCUT2D eigenvalue weighted by molar-refractivity contribution is -0.135. The van der Waals surface area contributed by atoms with Gasteiger partial charge in [0.25, 0.3) is 5.91 Å². The van der Waals surface area contributed by atoms with Crippen molar-refractivity contribution in [2.24, 2.45) is 10.8 Å². The Kier molecular flexibility index (Phi) is 7.29. The molecule has 200 valence electrons. The third kappa shape index (κ3) is 5.19. The van der Waals surface area contributed by atoms with E-state index < -0.39 is 22.6 Å². The summed E-state index contributed by atoms with van der Waals surface area (Å²) in [5.41, 5.74) is 0.0923. The number of morpholine rings is 1. The molecular weight excluding hydrogens is 488 g/mol. The summed E-state index contributed by atoms with van der Waals surface area (Å²) in [4.78, 5) is 27.9. The maximum atomic E-state index is 13.2. The van der Waals surface area contributed by atoms with E-state index in [1.165, 1.54) is 30.7 Å². The van der Waals surface area contributed by atoms with E-state index >= 15 is 0 Å². The Balaban J connectivity index is 1.53. The quantitative estimate of drug-likeness (QED) is 0.500. The molecule has 1 aliphatic carbocycles. The highest BCUT2D eigenvalue weighted by Crippen LogP contribution is 2.52. The van der Waals surface area contributed by atoms with Crippen LogP contribution in [0, 0.1) is 10.8 Å². The molecule has 2 atom stereocenters. The van der Waals surface area contributed by atoms with Crippen LogP contribution in [0.1, 0.15) is 50.4 Å². The van der Waals surface area contributed by atoms with Gasteiger partial charge in [0.1, 0.15) is 5.56 Å². The third-order valence-electron chi connectivity index (χ3n) is 7.34. The topological polar surface area (TPSA) is 112 Å². The first-order valence-corrected chi connectivity index (χ1v) is 13.6. The minimum atomic E-state index is -3.91. The van der Waals surface area contributed by atoms with Crippen molar-refractivity contribution in [1.82, 2.24) is 9.21 Å². The van der Waals surface area contributed by atoms with Gasteiger partial charge in [0.05, 0.1) is 32.3 Å². The van der Waals surface area contributed by atoms with Crippen molar-refractivity contribution in [2.45, 2.75) is 51.0 Å². The van der Waals surface area contributed by atoms with E-state index in [1.54, 1.807) is 0 Å². The van der Waals surface area contributed by atoms with Crippen LogP contribution in [0.4, 0.5) is 0 Å². The van der Waals surface area contributed by atoms with Gasteiger partial charge in [0, 0.05) is 31.7 Å². The van der Waals surface area contributed by atoms with Crippen LogP contribution in [0.25, 0.3) is 0 Å². The molecule has 0 radical (unpaired) electrons. The largest absolute Gasteiger partial charge is 0.493 e. The Bertz CT molecular complexity index is 1130. The van der Waals surface area contributed by atoms with E-state index in [0.29, 0.717) is 6.54 Å². The van der Waals surface area contributed by atoms with Gasteiger partial charge in [-0.1, -0.05) is 20.8 Å². The van der Waals surface area contributed by atoms with Gasteiger partial charge in [0.15, 0.2) is 18.1 Å². The standard InChI is InChI=1S/C25H36N2O8S/c1-24(2)12-17-13-25(3,15-24)16-27(17)21(28)14-35-23(29)19-10-18(11-20(32-4)22(19)33-5)36(30,31)26-6-8-34-9-7-26/h10-11,17H,6-9,12-16H2,1-5H3. The van der Waals surface area contributed by atoms with Gasteiger partial charge >= 0.3 is 5.97 Å². The molecule has 3 aliphatic rings. The molecule has 0 aromatic heterocycles. The summed E-state index contributed by atoms with van der Waals surface area (Å²) in [6, 6.07) is 2.66. The Hall–Kier alpha value is -2.37. The van der Waals surface area contributed by atoms with E-state index in [9.17, 15) is 18.0 Å². The maximum absolute atomic E-state index is 13.2. The van der Waals surface area contributed by atoms with Crippen LogP contribution in [-0.4, -0.2) is 89.2 Å². The van der Waals surface area contributed by atoms with Gasteiger partial charge in [0.2, 0.25) is 10.0 Å². The zero-order valence-corrected chi connectivity index (χ0v) is 22.5. The first-order chi connectivity index (χ1) is 16.9. The summed E-state index contributed by atoms with van der Waals surface area (Å²) in [6.45, 7) is 7.85. The number of methoxy groups -OCH3 is 2. The first kappa shape index (κ1) is 26.7. The predicted octanol–water partition coefficient (Wildman–Crippen LogP) is 2.31. The van der Waals surface area contributed by atoms with Gasteiger partial charge in [-0.2, -0.15) is 4.31 Å². The number of esters is 1. The van der Waals surface area contributed by atoms with Gasteiger partial charge in [-0.25, -0.2) is 13.2 Å². The smallest absolute Gasteiger partial charge is 0.342 e. The number of hydrogen-bond donors (Lipinski definition) is 0. The first-order valence-electron chi connectivity index (χ1n) is 12.2. The number of amides is 1. The molecule has 2 aliphatic heterocycles. The number of benzene rings is 1. The predicted molar refractivity (Wildman–Crippen MR) is 131 cm³/mol. The molecule has 4 rings (SSSR count). The summed E-state index contributed by atoms with van der Waals surface area (Å²) < 4.78 is 49.1. The summed E-state index contributed by atoms with van der Waals surface area (Å²) in [7, 11) is -1.21. The van der Waals surface area contributed by atoms with Crippen LogP contribution in [-0.2, 0) is 24.3 Å². The van der Waals surface area contributed by atoms with Crippen LogP contribution in [0.2, 0.25) is 0 Å². The fourth-order valence-corrected chi connectivity index (χ4v) is 7.67. The number of rotatable bonds is 7. The van der Waals surface area contributed by atoms with Crippen molar-refractivity contribution in [3.63, 3.8) is 0 Å². The highest BCUT2D eigenvalue weighted by atomic mass is 32.2. The summed E-state index contributed by atoms with van der Waals surface area (Å²) >= 11 is 0. The fourth-order valence-electron chi connectivity index (χ4n) is 6.22. The number of sulfonamides is 1. The molecule has 2 unspecified atom stereocenters. The van der Waals surface area contributed by atoms with Crippen molar-refractivity contribution in [1.29, 1.82) is 0 Å². The lowest BCUT2D eigenvalue weighted by atomic mass is 9.65. The average Bonchev–Trinajstić information content (AvgIpc) is 3.10. The molecule has 1 saturated carbocycles. The normalized spacial score (nSPS) is 25.9. The fraction of sp³-hybridized carbons (Fsp3) is 0.680. The Labute approximate surface area is 212 Å². The van der Waals surface area contributed by atoms with Crippen LogP contribution in [0.3, 0.4) is 0 Å². The molecule has 11 heteroatoms. The molecule has 36 heavy (non-hydrogen) atoms. The van der Waals surface area contributed by atoms with Gasteiger partial charge < -0.3 is 23.8 Å². The SMILES string of the molecule is COc1cc(S(=O)(=O)N2CCOCC2)cc(C(=O)OCC(=O)N2CC3(C)CC2CC(C)(C)C3)c1OC.